The van der Waals surface area contributed by atoms with Gasteiger partial charge in [-0.15, -0.1) is 0 Å². The van der Waals surface area contributed by atoms with Crippen LogP contribution in [0.2, 0.25) is 15.1 Å². The second-order valence-electron chi connectivity index (χ2n) is 4.46. The van der Waals surface area contributed by atoms with Crippen LogP contribution < -0.4 is 5.32 Å². The third-order valence-electron chi connectivity index (χ3n) is 3.02. The van der Waals surface area contributed by atoms with Gasteiger partial charge in [-0.05, 0) is 41.3 Å². The van der Waals surface area contributed by atoms with E-state index in [9.17, 15) is 0 Å². The van der Waals surface area contributed by atoms with Crippen molar-refractivity contribution < 1.29 is 0 Å². The Morgan fingerprint density at radius 3 is 2.24 bits per heavy atom. The quantitative estimate of drug-likeness (QED) is 0.528. The molecule has 1 N–H and O–H groups in total. The fourth-order valence-electron chi connectivity index (χ4n) is 2.01. The van der Waals surface area contributed by atoms with Crippen molar-refractivity contribution in [2.24, 2.45) is 0 Å². The van der Waals surface area contributed by atoms with Gasteiger partial charge in [0.2, 0.25) is 0 Å². The van der Waals surface area contributed by atoms with Crippen LogP contribution in [-0.2, 0) is 0 Å². The second-order valence-corrected chi connectivity index (χ2v) is 6.49. The fraction of sp³-hybridized carbons (Fsp3) is 0. The molecule has 0 aliphatic carbocycles. The van der Waals surface area contributed by atoms with Crippen LogP contribution in [0.3, 0.4) is 0 Å². The van der Waals surface area contributed by atoms with Gasteiger partial charge < -0.3 is 5.32 Å². The number of thiophene rings is 1. The van der Waals surface area contributed by atoms with Crippen molar-refractivity contribution in [3.63, 3.8) is 0 Å². The normalized spacial score (nSPS) is 10.6. The summed E-state index contributed by atoms with van der Waals surface area (Å²) in [5, 5.41) is 9.17. The van der Waals surface area contributed by atoms with Gasteiger partial charge in [0, 0.05) is 27.3 Å². The summed E-state index contributed by atoms with van der Waals surface area (Å²) in [6, 6.07) is 13.3. The maximum absolute atomic E-state index is 6.17. The van der Waals surface area contributed by atoms with Crippen LogP contribution in [0.1, 0.15) is 0 Å². The molecule has 0 spiro atoms. The Kier molecular flexibility index (Phi) is 4.41. The summed E-state index contributed by atoms with van der Waals surface area (Å²) in [6.45, 7) is 0. The third kappa shape index (κ3) is 3.35. The molecule has 0 aliphatic rings. The van der Waals surface area contributed by atoms with Crippen molar-refractivity contribution in [2.75, 3.05) is 5.32 Å². The monoisotopic (exact) mass is 353 g/mol. The standard InChI is InChI=1S/C16H10Cl3NS/c17-11-3-1-10(2-4-11)13-7-14(18)15(19)8-16(13)20-12-5-6-21-9-12/h1-9,20H. The summed E-state index contributed by atoms with van der Waals surface area (Å²) in [4.78, 5) is 0. The highest BCUT2D eigenvalue weighted by Gasteiger charge is 2.10. The molecule has 3 rings (SSSR count). The first-order valence-corrected chi connectivity index (χ1v) is 8.25. The summed E-state index contributed by atoms with van der Waals surface area (Å²) in [5.41, 5.74) is 3.93. The minimum Gasteiger partial charge on any atom is -0.354 e. The van der Waals surface area contributed by atoms with Gasteiger partial charge in [0.1, 0.15) is 0 Å². The first-order chi connectivity index (χ1) is 10.1. The third-order valence-corrected chi connectivity index (χ3v) is 4.67. The second kappa shape index (κ2) is 6.29. The van der Waals surface area contributed by atoms with Crippen LogP contribution in [0.15, 0.2) is 53.2 Å². The number of hydrogen-bond donors (Lipinski definition) is 1. The predicted molar refractivity (Wildman–Crippen MR) is 94.5 cm³/mol. The zero-order chi connectivity index (χ0) is 14.8. The molecular weight excluding hydrogens is 345 g/mol. The average molecular weight is 355 g/mol. The molecule has 1 aromatic heterocycles. The van der Waals surface area contributed by atoms with E-state index in [0.717, 1.165) is 22.5 Å². The van der Waals surface area contributed by atoms with Crippen LogP contribution in [0.4, 0.5) is 11.4 Å². The largest absolute Gasteiger partial charge is 0.354 e. The molecule has 0 amide bonds. The van der Waals surface area contributed by atoms with Crippen molar-refractivity contribution in [1.82, 2.24) is 0 Å². The molecule has 1 heterocycles. The van der Waals surface area contributed by atoms with Crippen LogP contribution in [0.5, 0.6) is 0 Å². The van der Waals surface area contributed by atoms with E-state index < -0.39 is 0 Å². The summed E-state index contributed by atoms with van der Waals surface area (Å²) >= 11 is 19.9. The number of hydrogen-bond acceptors (Lipinski definition) is 2. The summed E-state index contributed by atoms with van der Waals surface area (Å²) < 4.78 is 0. The highest BCUT2D eigenvalue weighted by Crippen LogP contribution is 2.37. The topological polar surface area (TPSA) is 12.0 Å². The molecule has 0 saturated carbocycles. The molecule has 0 unspecified atom stereocenters. The number of halogens is 3. The SMILES string of the molecule is Clc1ccc(-c2cc(Cl)c(Cl)cc2Nc2ccsc2)cc1. The van der Waals surface area contributed by atoms with E-state index in [0.29, 0.717) is 15.1 Å². The van der Waals surface area contributed by atoms with E-state index in [2.05, 4.69) is 5.32 Å². The molecule has 5 heteroatoms. The molecule has 2 aromatic carbocycles. The Hall–Kier alpha value is -1.19. The van der Waals surface area contributed by atoms with Gasteiger partial charge in [0.05, 0.1) is 10.0 Å². The fourth-order valence-corrected chi connectivity index (χ4v) is 3.05. The van der Waals surface area contributed by atoms with E-state index in [1.807, 2.05) is 53.2 Å². The van der Waals surface area contributed by atoms with E-state index in [1.165, 1.54) is 0 Å². The molecule has 0 atom stereocenters. The van der Waals surface area contributed by atoms with E-state index >= 15 is 0 Å². The first-order valence-electron chi connectivity index (χ1n) is 6.18. The Labute approximate surface area is 142 Å². The van der Waals surface area contributed by atoms with Crippen LogP contribution in [0.25, 0.3) is 11.1 Å². The van der Waals surface area contributed by atoms with Crippen LogP contribution in [-0.4, -0.2) is 0 Å². The van der Waals surface area contributed by atoms with Crippen molar-refractivity contribution in [1.29, 1.82) is 0 Å². The van der Waals surface area contributed by atoms with E-state index in [4.69, 9.17) is 34.8 Å². The zero-order valence-corrected chi connectivity index (χ0v) is 13.8. The van der Waals surface area contributed by atoms with Gasteiger partial charge in [0.15, 0.2) is 0 Å². The Morgan fingerprint density at radius 2 is 1.57 bits per heavy atom. The number of anilines is 2. The lowest BCUT2D eigenvalue weighted by Crippen LogP contribution is -1.92. The number of rotatable bonds is 3. The minimum atomic E-state index is 0.520. The van der Waals surface area contributed by atoms with Gasteiger partial charge in [-0.2, -0.15) is 11.3 Å². The molecule has 0 bridgehead atoms. The molecule has 0 saturated heterocycles. The minimum absolute atomic E-state index is 0.520. The Morgan fingerprint density at radius 1 is 0.857 bits per heavy atom. The molecule has 1 nitrogen and oxygen atoms in total. The summed E-state index contributed by atoms with van der Waals surface area (Å²) in [5.74, 6) is 0. The molecule has 0 fully saturated rings. The van der Waals surface area contributed by atoms with Crippen LogP contribution >= 0.6 is 46.1 Å². The Balaban J connectivity index is 2.09. The molecule has 0 aliphatic heterocycles. The van der Waals surface area contributed by atoms with Gasteiger partial charge in [0.25, 0.3) is 0 Å². The van der Waals surface area contributed by atoms with E-state index in [1.54, 1.807) is 11.3 Å². The number of benzene rings is 2. The first kappa shape index (κ1) is 14.7. The highest BCUT2D eigenvalue weighted by molar-refractivity contribution is 7.08. The molecule has 21 heavy (non-hydrogen) atoms. The molecule has 0 radical (unpaired) electrons. The zero-order valence-electron chi connectivity index (χ0n) is 10.7. The smallest absolute Gasteiger partial charge is 0.0613 e. The molecule has 106 valence electrons. The maximum atomic E-state index is 6.17. The highest BCUT2D eigenvalue weighted by atomic mass is 35.5. The summed E-state index contributed by atoms with van der Waals surface area (Å²) in [7, 11) is 0. The summed E-state index contributed by atoms with van der Waals surface area (Å²) in [6.07, 6.45) is 0. The van der Waals surface area contributed by atoms with Crippen molar-refractivity contribution >= 4 is 57.5 Å². The Bertz CT molecular complexity index is 752. The average Bonchev–Trinajstić information content (AvgIpc) is 2.97. The van der Waals surface area contributed by atoms with Crippen molar-refractivity contribution in [3.05, 3.63) is 68.3 Å². The lowest BCUT2D eigenvalue weighted by Gasteiger charge is -2.13. The van der Waals surface area contributed by atoms with Crippen LogP contribution in [0, 0.1) is 0 Å². The van der Waals surface area contributed by atoms with Crippen molar-refractivity contribution in [2.45, 2.75) is 0 Å². The van der Waals surface area contributed by atoms with Gasteiger partial charge in [-0.1, -0.05) is 46.9 Å². The van der Waals surface area contributed by atoms with Gasteiger partial charge >= 0.3 is 0 Å². The lowest BCUT2D eigenvalue weighted by atomic mass is 10.0. The van der Waals surface area contributed by atoms with Gasteiger partial charge in [-0.3, -0.25) is 0 Å². The lowest BCUT2D eigenvalue weighted by molar-refractivity contribution is 1.55. The maximum Gasteiger partial charge on any atom is 0.0613 e. The van der Waals surface area contributed by atoms with Gasteiger partial charge in [-0.25, -0.2) is 0 Å². The van der Waals surface area contributed by atoms with E-state index in [-0.39, 0.29) is 0 Å². The number of nitrogens with one attached hydrogen (secondary N) is 1. The molecule has 3 aromatic rings. The molecular formula is C16H10Cl3NS. The van der Waals surface area contributed by atoms with Crippen molar-refractivity contribution in [3.8, 4) is 11.1 Å². The predicted octanol–water partition coefficient (Wildman–Crippen LogP) is 7.12.